The van der Waals surface area contributed by atoms with Crippen LogP contribution in [-0.2, 0) is 6.54 Å². The third-order valence-corrected chi connectivity index (χ3v) is 3.36. The van der Waals surface area contributed by atoms with Crippen LogP contribution < -0.4 is 10.5 Å². The first-order valence-corrected chi connectivity index (χ1v) is 6.83. The molecule has 19 heavy (non-hydrogen) atoms. The molecule has 0 saturated carbocycles. The van der Waals surface area contributed by atoms with Crippen LogP contribution in [0.3, 0.4) is 0 Å². The molecule has 0 radical (unpaired) electrons. The number of hydrogen-bond acceptors (Lipinski definition) is 3. The summed E-state index contributed by atoms with van der Waals surface area (Å²) in [6.07, 6.45) is 6.79. The van der Waals surface area contributed by atoms with Gasteiger partial charge in [-0.3, -0.25) is 0 Å². The Bertz CT molecular complexity index is 408. The fourth-order valence-electron chi connectivity index (χ4n) is 2.20. The van der Waals surface area contributed by atoms with Gasteiger partial charge in [-0.15, -0.1) is 0 Å². The molecule has 104 valence electrons. The number of aromatic nitrogens is 1. The van der Waals surface area contributed by atoms with Crippen LogP contribution >= 0.6 is 0 Å². The van der Waals surface area contributed by atoms with Gasteiger partial charge in [0, 0.05) is 25.4 Å². The van der Waals surface area contributed by atoms with Crippen LogP contribution in [-0.4, -0.2) is 36.0 Å². The third kappa shape index (κ3) is 4.12. The standard InChI is InChI=1S/C14H22N4O/c1-19-13-7-6-12(10-16-13)11-17-14(15)18-8-4-2-3-5-9-18/h6-7,10H,2-5,8-9,11H2,1H3,(H2,15,17). The van der Waals surface area contributed by atoms with Gasteiger partial charge in [0.1, 0.15) is 0 Å². The maximum absolute atomic E-state index is 6.05. The fraction of sp³-hybridized carbons (Fsp3) is 0.571. The number of hydrogen-bond donors (Lipinski definition) is 1. The van der Waals surface area contributed by atoms with Gasteiger partial charge in [0.15, 0.2) is 5.96 Å². The molecule has 2 N–H and O–H groups in total. The molecule has 0 aromatic carbocycles. The second kappa shape index (κ2) is 6.97. The molecule has 5 heteroatoms. The first-order valence-electron chi connectivity index (χ1n) is 6.83. The van der Waals surface area contributed by atoms with Gasteiger partial charge in [0.25, 0.3) is 0 Å². The number of guanidine groups is 1. The Labute approximate surface area is 114 Å². The Morgan fingerprint density at radius 3 is 2.63 bits per heavy atom. The predicted octanol–water partition coefficient (Wildman–Crippen LogP) is 1.78. The highest BCUT2D eigenvalue weighted by atomic mass is 16.5. The number of methoxy groups -OCH3 is 1. The van der Waals surface area contributed by atoms with Crippen molar-refractivity contribution in [1.29, 1.82) is 0 Å². The van der Waals surface area contributed by atoms with Crippen molar-refractivity contribution in [2.75, 3.05) is 20.2 Å². The topological polar surface area (TPSA) is 63.7 Å². The Kier molecular flexibility index (Phi) is 5.01. The zero-order valence-corrected chi connectivity index (χ0v) is 11.5. The summed E-state index contributed by atoms with van der Waals surface area (Å²) in [5, 5.41) is 0. The molecule has 1 aliphatic heterocycles. The molecule has 0 aliphatic carbocycles. The van der Waals surface area contributed by atoms with Crippen molar-refractivity contribution in [3.05, 3.63) is 23.9 Å². The third-order valence-electron chi connectivity index (χ3n) is 3.36. The number of ether oxygens (including phenoxy) is 1. The average molecular weight is 262 g/mol. The molecule has 2 rings (SSSR count). The van der Waals surface area contributed by atoms with Gasteiger partial charge in [0.05, 0.1) is 13.7 Å². The van der Waals surface area contributed by atoms with E-state index >= 15 is 0 Å². The fourth-order valence-corrected chi connectivity index (χ4v) is 2.20. The number of likely N-dealkylation sites (tertiary alicyclic amines) is 1. The van der Waals surface area contributed by atoms with Crippen molar-refractivity contribution in [3.63, 3.8) is 0 Å². The molecular weight excluding hydrogens is 240 g/mol. The second-order valence-electron chi connectivity index (χ2n) is 4.78. The molecule has 0 unspecified atom stereocenters. The summed E-state index contributed by atoms with van der Waals surface area (Å²) in [6.45, 7) is 2.62. The molecule has 1 aliphatic rings. The monoisotopic (exact) mass is 262 g/mol. The molecule has 0 spiro atoms. The van der Waals surface area contributed by atoms with E-state index in [4.69, 9.17) is 10.5 Å². The van der Waals surface area contributed by atoms with E-state index in [2.05, 4.69) is 14.9 Å². The average Bonchev–Trinajstić information content (AvgIpc) is 2.74. The summed E-state index contributed by atoms with van der Waals surface area (Å²) in [5.41, 5.74) is 7.09. The van der Waals surface area contributed by atoms with E-state index in [1.54, 1.807) is 13.3 Å². The zero-order valence-electron chi connectivity index (χ0n) is 11.5. The van der Waals surface area contributed by atoms with Crippen molar-refractivity contribution in [2.45, 2.75) is 32.2 Å². The maximum Gasteiger partial charge on any atom is 0.212 e. The molecule has 0 atom stereocenters. The number of pyridine rings is 1. The molecule has 0 bridgehead atoms. The number of rotatable bonds is 3. The lowest BCUT2D eigenvalue weighted by Gasteiger charge is -2.21. The number of nitrogens with two attached hydrogens (primary N) is 1. The maximum atomic E-state index is 6.05. The lowest BCUT2D eigenvalue weighted by atomic mass is 10.2. The van der Waals surface area contributed by atoms with Gasteiger partial charge in [-0.2, -0.15) is 0 Å². The van der Waals surface area contributed by atoms with E-state index in [9.17, 15) is 0 Å². The SMILES string of the molecule is COc1ccc(CN=C(N)N2CCCCCC2)cn1. The molecule has 1 aromatic heterocycles. The van der Waals surface area contributed by atoms with E-state index in [1.165, 1.54) is 25.7 Å². The minimum Gasteiger partial charge on any atom is -0.481 e. The number of aliphatic imine (C=N–C) groups is 1. The summed E-state index contributed by atoms with van der Waals surface area (Å²) < 4.78 is 5.02. The summed E-state index contributed by atoms with van der Waals surface area (Å²) in [5.74, 6) is 1.27. The molecule has 1 fully saturated rings. The Morgan fingerprint density at radius 2 is 2.05 bits per heavy atom. The Balaban J connectivity index is 1.92. The summed E-state index contributed by atoms with van der Waals surface area (Å²) >= 11 is 0. The highest BCUT2D eigenvalue weighted by molar-refractivity contribution is 5.78. The Hall–Kier alpha value is -1.78. The van der Waals surface area contributed by atoms with E-state index in [1.807, 2.05) is 12.1 Å². The lowest BCUT2D eigenvalue weighted by molar-refractivity contribution is 0.397. The zero-order chi connectivity index (χ0) is 13.5. The molecule has 0 amide bonds. The highest BCUT2D eigenvalue weighted by Crippen LogP contribution is 2.10. The van der Waals surface area contributed by atoms with Crippen LogP contribution in [0.2, 0.25) is 0 Å². The van der Waals surface area contributed by atoms with Gasteiger partial charge in [0.2, 0.25) is 5.88 Å². The molecular formula is C14H22N4O. The lowest BCUT2D eigenvalue weighted by Crippen LogP contribution is -2.38. The van der Waals surface area contributed by atoms with Crippen LogP contribution in [0.5, 0.6) is 5.88 Å². The van der Waals surface area contributed by atoms with E-state index in [0.717, 1.165) is 18.7 Å². The summed E-state index contributed by atoms with van der Waals surface area (Å²) in [6, 6.07) is 3.80. The van der Waals surface area contributed by atoms with Gasteiger partial charge < -0.3 is 15.4 Å². The number of nitrogens with zero attached hydrogens (tertiary/aromatic N) is 3. The Morgan fingerprint density at radius 1 is 1.32 bits per heavy atom. The molecule has 1 saturated heterocycles. The van der Waals surface area contributed by atoms with Crippen LogP contribution in [0, 0.1) is 0 Å². The quantitative estimate of drug-likeness (QED) is 0.666. The minimum atomic E-state index is 0.569. The van der Waals surface area contributed by atoms with Crippen molar-refractivity contribution < 1.29 is 4.74 Å². The van der Waals surface area contributed by atoms with Crippen molar-refractivity contribution in [2.24, 2.45) is 10.7 Å². The van der Waals surface area contributed by atoms with Crippen molar-refractivity contribution in [1.82, 2.24) is 9.88 Å². The van der Waals surface area contributed by atoms with Gasteiger partial charge in [-0.25, -0.2) is 9.98 Å². The smallest absolute Gasteiger partial charge is 0.212 e. The van der Waals surface area contributed by atoms with E-state index in [-0.39, 0.29) is 0 Å². The second-order valence-corrected chi connectivity index (χ2v) is 4.78. The minimum absolute atomic E-state index is 0.569. The van der Waals surface area contributed by atoms with Crippen LogP contribution in [0.4, 0.5) is 0 Å². The predicted molar refractivity (Wildman–Crippen MR) is 76.2 cm³/mol. The van der Waals surface area contributed by atoms with Crippen molar-refractivity contribution in [3.8, 4) is 5.88 Å². The van der Waals surface area contributed by atoms with Gasteiger partial charge in [-0.05, 0) is 18.4 Å². The van der Waals surface area contributed by atoms with Crippen LogP contribution in [0.1, 0.15) is 31.2 Å². The van der Waals surface area contributed by atoms with Gasteiger partial charge in [-0.1, -0.05) is 18.9 Å². The first kappa shape index (κ1) is 13.6. The highest BCUT2D eigenvalue weighted by Gasteiger charge is 2.10. The summed E-state index contributed by atoms with van der Waals surface area (Å²) in [7, 11) is 1.61. The van der Waals surface area contributed by atoms with E-state index in [0.29, 0.717) is 18.4 Å². The molecule has 1 aromatic rings. The largest absolute Gasteiger partial charge is 0.481 e. The van der Waals surface area contributed by atoms with Crippen LogP contribution in [0.25, 0.3) is 0 Å². The molecule has 5 nitrogen and oxygen atoms in total. The summed E-state index contributed by atoms with van der Waals surface area (Å²) in [4.78, 5) is 10.8. The van der Waals surface area contributed by atoms with Gasteiger partial charge >= 0.3 is 0 Å². The normalized spacial score (nSPS) is 17.1. The van der Waals surface area contributed by atoms with Crippen LogP contribution in [0.15, 0.2) is 23.3 Å². The van der Waals surface area contributed by atoms with Crippen molar-refractivity contribution >= 4 is 5.96 Å². The first-order chi connectivity index (χ1) is 9.29. The molecule has 2 heterocycles. The van der Waals surface area contributed by atoms with E-state index < -0.39 is 0 Å².